The number of benzene rings is 1. The molecule has 35 heavy (non-hydrogen) atoms. The van der Waals surface area contributed by atoms with Gasteiger partial charge in [0.05, 0.1) is 18.3 Å². The fraction of sp³-hybridized carbons (Fsp3) is 0.500. The Balaban J connectivity index is 2.27. The summed E-state index contributed by atoms with van der Waals surface area (Å²) in [6.45, 7) is 1.54. The van der Waals surface area contributed by atoms with Crippen LogP contribution < -0.4 is 14.9 Å². The minimum Gasteiger partial charge on any atom is -0.388 e. The number of sulfonamides is 1. The zero-order valence-electron chi connectivity index (χ0n) is 20.0. The molecule has 0 saturated carbocycles. The van der Waals surface area contributed by atoms with Crippen LogP contribution in [0.3, 0.4) is 0 Å². The Morgan fingerprint density at radius 3 is 2.34 bits per heavy atom. The van der Waals surface area contributed by atoms with Gasteiger partial charge >= 0.3 is 0 Å². The molecule has 2 rings (SSSR count). The number of aliphatic hydroxyl groups is 2. The highest BCUT2D eigenvalue weighted by molar-refractivity contribution is 7.92. The second-order valence-electron chi connectivity index (χ2n) is 8.09. The first kappa shape index (κ1) is 28.7. The van der Waals surface area contributed by atoms with Gasteiger partial charge in [0.2, 0.25) is 15.9 Å². The lowest BCUT2D eigenvalue weighted by Crippen LogP contribution is -2.56. The number of carbonyl (C=O) groups is 2. The van der Waals surface area contributed by atoms with Gasteiger partial charge < -0.3 is 25.6 Å². The van der Waals surface area contributed by atoms with Crippen molar-refractivity contribution in [2.24, 2.45) is 0 Å². The highest BCUT2D eigenvalue weighted by atomic mass is 32.2. The normalized spacial score (nSPS) is 15.0. The number of anilines is 1. The number of methoxy groups -OCH3 is 1. The number of hydrogen-bond acceptors (Lipinski definition) is 9. The van der Waals surface area contributed by atoms with Crippen LogP contribution in [0.4, 0.5) is 5.13 Å². The van der Waals surface area contributed by atoms with Crippen molar-refractivity contribution < 1.29 is 33.0 Å². The van der Waals surface area contributed by atoms with Crippen molar-refractivity contribution in [1.82, 2.24) is 15.6 Å². The van der Waals surface area contributed by atoms with Crippen LogP contribution in [0.25, 0.3) is 0 Å². The Morgan fingerprint density at radius 1 is 1.14 bits per heavy atom. The Kier molecular flexibility index (Phi) is 10.6. The van der Waals surface area contributed by atoms with Gasteiger partial charge in [0, 0.05) is 33.1 Å². The van der Waals surface area contributed by atoms with Crippen LogP contribution in [0.15, 0.2) is 35.7 Å². The number of thiazole rings is 1. The average molecular weight is 529 g/mol. The number of amides is 2. The first-order chi connectivity index (χ1) is 16.4. The van der Waals surface area contributed by atoms with Crippen LogP contribution in [0.5, 0.6) is 0 Å². The minimum atomic E-state index is -3.55. The van der Waals surface area contributed by atoms with Gasteiger partial charge in [0.25, 0.3) is 5.91 Å². The average Bonchev–Trinajstić information content (AvgIpc) is 3.30. The van der Waals surface area contributed by atoms with Gasteiger partial charge in [-0.05, 0) is 18.4 Å². The Morgan fingerprint density at radius 2 is 1.77 bits per heavy atom. The number of rotatable bonds is 13. The summed E-state index contributed by atoms with van der Waals surface area (Å²) in [5, 5.41) is 28.8. The lowest BCUT2D eigenvalue weighted by atomic mass is 9.92. The number of aliphatic hydroxyl groups excluding tert-OH is 2. The Labute approximate surface area is 209 Å². The number of carbonyl (C=O) groups excluding carboxylic acids is 2. The molecule has 1 aromatic carbocycles. The minimum absolute atomic E-state index is 0.0296. The summed E-state index contributed by atoms with van der Waals surface area (Å²) >= 11 is 0.981. The van der Waals surface area contributed by atoms with Crippen molar-refractivity contribution in [3.63, 3.8) is 0 Å². The van der Waals surface area contributed by atoms with Crippen molar-refractivity contribution in [3.05, 3.63) is 47.0 Å². The summed E-state index contributed by atoms with van der Waals surface area (Å²) in [6.07, 6.45) is -1.41. The maximum absolute atomic E-state index is 13.0. The largest absolute Gasteiger partial charge is 0.388 e. The molecule has 0 spiro atoms. The lowest BCUT2D eigenvalue weighted by molar-refractivity contribution is -0.121. The molecular formula is C22H32N4O7S2. The SMILES string of the molecule is COCCC(NC(C)=O)C(O)C(O)C(Cc1ccccc1)NC(=O)c1csc(N(C)S(C)(=O)=O)n1. The summed E-state index contributed by atoms with van der Waals surface area (Å²) in [5.74, 6) is -1.03. The van der Waals surface area contributed by atoms with E-state index >= 15 is 0 Å². The Hall–Kier alpha value is -2.58. The number of aromatic nitrogens is 1. The molecule has 1 aromatic heterocycles. The smallest absolute Gasteiger partial charge is 0.271 e. The fourth-order valence-corrected chi connectivity index (χ4v) is 4.87. The highest BCUT2D eigenvalue weighted by Gasteiger charge is 2.34. The van der Waals surface area contributed by atoms with Crippen molar-refractivity contribution >= 4 is 38.3 Å². The van der Waals surface area contributed by atoms with E-state index in [0.29, 0.717) is 0 Å². The molecule has 0 aliphatic heterocycles. The monoisotopic (exact) mass is 528 g/mol. The van der Waals surface area contributed by atoms with Gasteiger partial charge in [-0.3, -0.25) is 9.59 Å². The van der Waals surface area contributed by atoms with E-state index in [1.54, 1.807) is 0 Å². The van der Waals surface area contributed by atoms with Crippen LogP contribution in [-0.2, 0) is 26.0 Å². The second-order valence-corrected chi connectivity index (χ2v) is 10.9. The molecule has 0 radical (unpaired) electrons. The predicted molar refractivity (Wildman–Crippen MR) is 133 cm³/mol. The van der Waals surface area contributed by atoms with Gasteiger partial charge in [0.1, 0.15) is 17.9 Å². The van der Waals surface area contributed by atoms with Crippen LogP contribution >= 0.6 is 11.3 Å². The van der Waals surface area contributed by atoms with Gasteiger partial charge in [-0.2, -0.15) is 0 Å². The molecule has 2 amide bonds. The molecule has 13 heteroatoms. The number of nitrogens with one attached hydrogen (secondary N) is 2. The van der Waals surface area contributed by atoms with Crippen LogP contribution in [0.1, 0.15) is 29.4 Å². The summed E-state index contributed by atoms with van der Waals surface area (Å²) in [4.78, 5) is 28.7. The first-order valence-corrected chi connectivity index (χ1v) is 13.5. The molecule has 4 atom stereocenters. The molecule has 0 fully saturated rings. The van der Waals surface area contributed by atoms with Gasteiger partial charge in [-0.1, -0.05) is 30.3 Å². The number of nitrogens with zero attached hydrogens (tertiary/aromatic N) is 2. The van der Waals surface area contributed by atoms with Gasteiger partial charge in [-0.25, -0.2) is 17.7 Å². The van der Waals surface area contributed by atoms with E-state index in [1.165, 1.54) is 26.5 Å². The van der Waals surface area contributed by atoms with Crippen LogP contribution in [0, 0.1) is 0 Å². The van der Waals surface area contributed by atoms with E-state index in [9.17, 15) is 28.2 Å². The van der Waals surface area contributed by atoms with E-state index in [1.807, 2.05) is 30.3 Å². The lowest BCUT2D eigenvalue weighted by Gasteiger charge is -2.32. The Bertz CT molecular complexity index is 1080. The van der Waals surface area contributed by atoms with E-state index in [-0.39, 0.29) is 36.2 Å². The number of ether oxygens (including phenoxy) is 1. The van der Waals surface area contributed by atoms with E-state index in [4.69, 9.17) is 4.74 Å². The summed E-state index contributed by atoms with van der Waals surface area (Å²) in [7, 11) is -0.741. The molecule has 4 unspecified atom stereocenters. The van der Waals surface area contributed by atoms with Crippen molar-refractivity contribution in [2.75, 3.05) is 31.3 Å². The molecular weight excluding hydrogens is 496 g/mol. The summed E-state index contributed by atoms with van der Waals surface area (Å²) in [5.41, 5.74) is 0.769. The summed E-state index contributed by atoms with van der Waals surface area (Å²) < 4.78 is 29.5. The molecule has 11 nitrogen and oxygen atoms in total. The first-order valence-electron chi connectivity index (χ1n) is 10.8. The molecule has 0 aliphatic carbocycles. The van der Waals surface area contributed by atoms with Crippen LogP contribution in [-0.4, -0.2) is 86.7 Å². The molecule has 2 aromatic rings. The fourth-order valence-electron chi connectivity index (χ4n) is 3.33. The third-order valence-electron chi connectivity index (χ3n) is 5.30. The molecule has 1 heterocycles. The van der Waals surface area contributed by atoms with E-state index in [2.05, 4.69) is 15.6 Å². The third-order valence-corrected chi connectivity index (χ3v) is 7.50. The second kappa shape index (κ2) is 12.9. The maximum Gasteiger partial charge on any atom is 0.271 e. The van der Waals surface area contributed by atoms with Gasteiger partial charge in [-0.15, -0.1) is 11.3 Å². The zero-order chi connectivity index (χ0) is 26.2. The molecule has 4 N–H and O–H groups in total. The summed E-state index contributed by atoms with van der Waals surface area (Å²) in [6, 6.07) is 7.32. The van der Waals surface area contributed by atoms with Crippen molar-refractivity contribution in [3.8, 4) is 0 Å². The predicted octanol–water partition coefficient (Wildman–Crippen LogP) is 0.143. The molecule has 194 valence electrons. The molecule has 0 bridgehead atoms. The quantitative estimate of drug-likeness (QED) is 0.286. The maximum atomic E-state index is 13.0. The van der Waals surface area contributed by atoms with E-state index < -0.39 is 40.2 Å². The zero-order valence-corrected chi connectivity index (χ0v) is 21.7. The van der Waals surface area contributed by atoms with Gasteiger partial charge in [0.15, 0.2) is 5.13 Å². The molecule has 0 aliphatic rings. The topological polar surface area (TPSA) is 158 Å². The standard InChI is InChI=1S/C22H32N4O7S2/c1-14(27)23-16(10-11-33-3)19(28)20(29)17(12-15-8-6-5-7-9-15)24-21(30)18-13-34-22(25-18)26(2)35(4,31)32/h5-9,13,16-17,19-20,28-29H,10-12H2,1-4H3,(H,23,27)(H,24,30). The van der Waals surface area contributed by atoms with Crippen LogP contribution in [0.2, 0.25) is 0 Å². The number of hydrogen-bond donors (Lipinski definition) is 4. The molecule has 0 saturated heterocycles. The highest BCUT2D eigenvalue weighted by Crippen LogP contribution is 2.22. The van der Waals surface area contributed by atoms with E-state index in [0.717, 1.165) is 27.5 Å². The third kappa shape index (κ3) is 8.54. The van der Waals surface area contributed by atoms with Crippen molar-refractivity contribution in [1.29, 1.82) is 0 Å². The van der Waals surface area contributed by atoms with Crippen molar-refractivity contribution in [2.45, 2.75) is 44.1 Å².